The predicted molar refractivity (Wildman–Crippen MR) is 112 cm³/mol. The Hall–Kier alpha value is -1.78. The second-order valence-electron chi connectivity index (χ2n) is 7.01. The summed E-state index contributed by atoms with van der Waals surface area (Å²) in [6.45, 7) is 14.4. The number of hydrogen-bond donors (Lipinski definition) is 0. The van der Waals surface area contributed by atoms with Crippen LogP contribution in [0.1, 0.15) is 52.2 Å². The molecule has 0 bridgehead atoms. The van der Waals surface area contributed by atoms with E-state index in [1.54, 1.807) is 6.26 Å². The predicted octanol–water partition coefficient (Wildman–Crippen LogP) is 5.54. The van der Waals surface area contributed by atoms with E-state index in [0.29, 0.717) is 32.3 Å². The maximum Gasteiger partial charge on any atom is 0.111 e. The second kappa shape index (κ2) is 14.3. The Morgan fingerprint density at radius 2 is 1.41 bits per heavy atom. The van der Waals surface area contributed by atoms with Crippen molar-refractivity contribution in [2.24, 2.45) is 5.92 Å². The van der Waals surface area contributed by atoms with Crippen molar-refractivity contribution in [3.63, 3.8) is 0 Å². The lowest BCUT2D eigenvalue weighted by molar-refractivity contribution is 0.0309. The van der Waals surface area contributed by atoms with E-state index in [0.717, 1.165) is 41.9 Å². The zero-order valence-electron chi connectivity index (χ0n) is 17.6. The van der Waals surface area contributed by atoms with Gasteiger partial charge in [0, 0.05) is 6.61 Å². The first-order chi connectivity index (χ1) is 13.0. The lowest BCUT2D eigenvalue weighted by atomic mass is 10.0. The number of benzene rings is 1. The summed E-state index contributed by atoms with van der Waals surface area (Å²) < 4.78 is 22.1. The summed E-state index contributed by atoms with van der Waals surface area (Å²) >= 11 is 0. The van der Waals surface area contributed by atoms with E-state index in [9.17, 15) is 0 Å². The summed E-state index contributed by atoms with van der Waals surface area (Å²) in [7, 11) is 0. The highest BCUT2D eigenvalue weighted by Crippen LogP contribution is 2.20. The van der Waals surface area contributed by atoms with Crippen LogP contribution < -0.4 is 0 Å². The van der Waals surface area contributed by atoms with Crippen molar-refractivity contribution in [2.45, 2.75) is 41.0 Å². The van der Waals surface area contributed by atoms with Crippen LogP contribution >= 0.6 is 0 Å². The van der Waals surface area contributed by atoms with Crippen LogP contribution in [0.2, 0.25) is 0 Å². The third-order valence-electron chi connectivity index (χ3n) is 3.79. The Morgan fingerprint density at radius 3 is 2.00 bits per heavy atom. The Morgan fingerprint density at radius 1 is 0.852 bits per heavy atom. The van der Waals surface area contributed by atoms with Gasteiger partial charge in [0.15, 0.2) is 0 Å². The molecule has 0 radical (unpaired) electrons. The SMILES string of the molecule is CCCOCCOCCOC=C(C)c1cccc(C(C)=COCC(C)C)c1. The molecule has 0 aliphatic heterocycles. The lowest BCUT2D eigenvalue weighted by Crippen LogP contribution is -2.08. The number of ether oxygens (including phenoxy) is 4. The van der Waals surface area contributed by atoms with Crippen LogP contribution in [0.3, 0.4) is 0 Å². The summed E-state index contributed by atoms with van der Waals surface area (Å²) in [5.74, 6) is 0.524. The van der Waals surface area contributed by atoms with Gasteiger partial charge >= 0.3 is 0 Å². The largest absolute Gasteiger partial charge is 0.501 e. The van der Waals surface area contributed by atoms with Crippen molar-refractivity contribution in [1.82, 2.24) is 0 Å². The zero-order valence-corrected chi connectivity index (χ0v) is 17.6. The Kier molecular flexibility index (Phi) is 12.3. The molecular formula is C23H36O4. The van der Waals surface area contributed by atoms with Crippen LogP contribution in [0, 0.1) is 5.92 Å². The van der Waals surface area contributed by atoms with Crippen LogP contribution in [0.5, 0.6) is 0 Å². The third kappa shape index (κ3) is 10.8. The molecule has 0 atom stereocenters. The maximum absolute atomic E-state index is 5.62. The summed E-state index contributed by atoms with van der Waals surface area (Å²) in [4.78, 5) is 0. The zero-order chi connectivity index (χ0) is 19.9. The Bertz CT molecular complexity index is 575. The Balaban J connectivity index is 2.41. The standard InChI is InChI=1S/C23H36O4/c1-6-10-24-11-12-25-13-14-26-17-20(4)22-8-7-9-23(15-22)21(5)18-27-16-19(2)3/h7-9,15,17-19H,6,10-14,16H2,1-5H3. The topological polar surface area (TPSA) is 36.9 Å². The van der Waals surface area contributed by atoms with Gasteiger partial charge in [0.25, 0.3) is 0 Å². The van der Waals surface area contributed by atoms with Gasteiger partial charge in [-0.15, -0.1) is 0 Å². The van der Waals surface area contributed by atoms with Crippen molar-refractivity contribution >= 4 is 11.1 Å². The monoisotopic (exact) mass is 376 g/mol. The second-order valence-corrected chi connectivity index (χ2v) is 7.01. The molecule has 0 saturated heterocycles. The molecule has 0 heterocycles. The van der Waals surface area contributed by atoms with Gasteiger partial charge < -0.3 is 18.9 Å². The lowest BCUT2D eigenvalue weighted by Gasteiger charge is -2.09. The minimum atomic E-state index is 0.524. The number of rotatable bonds is 14. The Labute approximate surface area is 165 Å². The first-order valence-electron chi connectivity index (χ1n) is 9.87. The summed E-state index contributed by atoms with van der Waals surface area (Å²) in [5.41, 5.74) is 4.49. The van der Waals surface area contributed by atoms with Crippen molar-refractivity contribution in [1.29, 1.82) is 0 Å². The molecule has 1 rings (SSSR count). The van der Waals surface area contributed by atoms with E-state index < -0.39 is 0 Å². The molecule has 0 N–H and O–H groups in total. The molecule has 4 nitrogen and oxygen atoms in total. The molecule has 0 spiro atoms. The van der Waals surface area contributed by atoms with Gasteiger partial charge in [-0.2, -0.15) is 0 Å². The first kappa shape index (κ1) is 23.3. The van der Waals surface area contributed by atoms with Gasteiger partial charge in [-0.25, -0.2) is 0 Å². The minimum Gasteiger partial charge on any atom is -0.501 e. The van der Waals surface area contributed by atoms with Gasteiger partial charge in [-0.05, 0) is 54.5 Å². The molecule has 1 aromatic rings. The average Bonchev–Trinajstić information content (AvgIpc) is 2.66. The van der Waals surface area contributed by atoms with E-state index in [1.807, 2.05) is 13.2 Å². The normalized spacial score (nSPS) is 12.5. The van der Waals surface area contributed by atoms with Gasteiger partial charge in [-0.3, -0.25) is 0 Å². The molecule has 0 amide bonds. The van der Waals surface area contributed by atoms with Crippen molar-refractivity contribution < 1.29 is 18.9 Å². The van der Waals surface area contributed by atoms with Gasteiger partial charge in [0.1, 0.15) is 6.61 Å². The molecule has 1 aromatic carbocycles. The molecule has 0 aromatic heterocycles. The quantitative estimate of drug-likeness (QED) is 0.315. The van der Waals surface area contributed by atoms with Crippen LogP contribution in [0.4, 0.5) is 0 Å². The summed E-state index contributed by atoms with van der Waals surface area (Å²) in [6, 6.07) is 8.39. The highest BCUT2D eigenvalue weighted by atomic mass is 16.5. The van der Waals surface area contributed by atoms with E-state index in [2.05, 4.69) is 52.0 Å². The molecule has 27 heavy (non-hydrogen) atoms. The third-order valence-corrected chi connectivity index (χ3v) is 3.79. The van der Waals surface area contributed by atoms with Crippen LogP contribution in [-0.4, -0.2) is 39.6 Å². The van der Waals surface area contributed by atoms with E-state index in [1.165, 1.54) is 0 Å². The van der Waals surface area contributed by atoms with Crippen LogP contribution in [0.25, 0.3) is 11.1 Å². The fourth-order valence-electron chi connectivity index (χ4n) is 2.27. The molecule has 0 saturated carbocycles. The van der Waals surface area contributed by atoms with E-state index >= 15 is 0 Å². The molecule has 4 heteroatoms. The first-order valence-corrected chi connectivity index (χ1v) is 9.87. The maximum atomic E-state index is 5.62. The summed E-state index contributed by atoms with van der Waals surface area (Å²) in [6.07, 6.45) is 4.68. The molecular weight excluding hydrogens is 340 g/mol. The molecule has 0 fully saturated rings. The summed E-state index contributed by atoms with van der Waals surface area (Å²) in [5, 5.41) is 0. The number of hydrogen-bond acceptors (Lipinski definition) is 4. The van der Waals surface area contributed by atoms with E-state index in [-0.39, 0.29) is 0 Å². The van der Waals surface area contributed by atoms with Gasteiger partial charge in [0.05, 0.1) is 39.0 Å². The van der Waals surface area contributed by atoms with Gasteiger partial charge in [-0.1, -0.05) is 39.0 Å². The highest BCUT2D eigenvalue weighted by molar-refractivity contribution is 5.70. The minimum absolute atomic E-state index is 0.524. The van der Waals surface area contributed by atoms with Crippen LogP contribution in [-0.2, 0) is 18.9 Å². The molecule has 0 aliphatic carbocycles. The number of allylic oxidation sites excluding steroid dienone is 2. The van der Waals surface area contributed by atoms with Crippen molar-refractivity contribution in [2.75, 3.05) is 39.6 Å². The molecule has 0 aliphatic rings. The highest BCUT2D eigenvalue weighted by Gasteiger charge is 2.02. The van der Waals surface area contributed by atoms with Crippen molar-refractivity contribution in [3.8, 4) is 0 Å². The molecule has 0 unspecified atom stereocenters. The molecule has 152 valence electrons. The fraction of sp³-hybridized carbons (Fsp3) is 0.565. The average molecular weight is 377 g/mol. The van der Waals surface area contributed by atoms with E-state index in [4.69, 9.17) is 18.9 Å². The van der Waals surface area contributed by atoms with Crippen molar-refractivity contribution in [3.05, 3.63) is 47.9 Å². The van der Waals surface area contributed by atoms with Gasteiger partial charge in [0.2, 0.25) is 0 Å². The smallest absolute Gasteiger partial charge is 0.111 e. The fourth-order valence-corrected chi connectivity index (χ4v) is 2.27. The van der Waals surface area contributed by atoms with Crippen LogP contribution in [0.15, 0.2) is 36.8 Å².